The molecule has 10 heavy (non-hydrogen) atoms. The minimum Gasteiger partial charge on any atom is -0.301 e. The first-order valence-electron chi connectivity index (χ1n) is 2.23. The molecule has 6 heteroatoms. The van der Waals surface area contributed by atoms with Gasteiger partial charge in [-0.2, -0.15) is 10.5 Å². The highest BCUT2D eigenvalue weighted by Gasteiger charge is 2.08. The molecule has 57 valence electrons. The van der Waals surface area contributed by atoms with Crippen LogP contribution >= 0.6 is 0 Å². The number of carbonyl (C=O) groups excluding carboxylic acids is 2. The molecule has 1 radical (unpaired) electrons. The molecule has 0 spiro atoms. The maximum absolute atomic E-state index is 10.0. The quantitative estimate of drug-likeness (QED) is 0.419. The van der Waals surface area contributed by atoms with Gasteiger partial charge in [0.25, 0.3) is 0 Å². The third-order valence-electron chi connectivity index (χ3n) is 0.627. The summed E-state index contributed by atoms with van der Waals surface area (Å²) in [7, 11) is 0. The van der Waals surface area contributed by atoms with Gasteiger partial charge in [0.15, 0.2) is 0 Å². The lowest BCUT2D eigenvalue weighted by Gasteiger charge is -1.92. The third kappa shape index (κ3) is 3.81. The van der Waals surface area contributed by atoms with E-state index < -0.39 is 18.4 Å². The first kappa shape index (κ1) is 8.86. The maximum atomic E-state index is 10.0. The lowest BCUT2D eigenvalue weighted by molar-refractivity contribution is -0.237. The Labute approximate surface area is 55.8 Å². The topological polar surface area (TPSA) is 93.1 Å². The Balaban J connectivity index is 3.35. The molecule has 0 unspecified atom stereocenters. The van der Waals surface area contributed by atoms with Crippen LogP contribution in [-0.2, 0) is 19.4 Å². The van der Waals surface area contributed by atoms with E-state index in [0.29, 0.717) is 6.42 Å². The molecule has 6 nitrogen and oxygen atoms in total. The summed E-state index contributed by atoms with van der Waals surface area (Å²) < 4.78 is 0. The monoisotopic (exact) mass is 149 g/mol. The lowest BCUT2D eigenvalue weighted by atomic mass is 10.3. The second-order valence-corrected chi connectivity index (χ2v) is 1.28. The van der Waals surface area contributed by atoms with Crippen LogP contribution in [0.1, 0.15) is 6.42 Å². The maximum Gasteiger partial charge on any atom is 0.346 e. The second kappa shape index (κ2) is 4.71. The van der Waals surface area contributed by atoms with Crippen LogP contribution in [0.3, 0.4) is 0 Å². The average molecular weight is 149 g/mol. The molecule has 0 aliphatic carbocycles. The van der Waals surface area contributed by atoms with Crippen molar-refractivity contribution in [3.63, 3.8) is 0 Å². The molecular weight excluding hydrogens is 144 g/mol. The fraction of sp³-hybridized carbons (Fsp3) is 0.250. The van der Waals surface area contributed by atoms with Crippen LogP contribution in [-0.4, -0.2) is 22.5 Å². The van der Waals surface area contributed by atoms with E-state index in [-0.39, 0.29) is 0 Å². The summed E-state index contributed by atoms with van der Waals surface area (Å²) in [5, 5.41) is 15.3. The molecule has 0 aromatic rings. The zero-order chi connectivity index (χ0) is 7.98. The van der Waals surface area contributed by atoms with Crippen molar-refractivity contribution in [3.8, 4) is 0 Å². The summed E-state index contributed by atoms with van der Waals surface area (Å²) in [6.07, 6.45) is 0.258. The van der Waals surface area contributed by atoms with E-state index in [2.05, 4.69) is 9.78 Å². The van der Waals surface area contributed by atoms with Crippen LogP contribution < -0.4 is 0 Å². The molecule has 0 fully saturated rings. The highest BCUT2D eigenvalue weighted by atomic mass is 17.1. The fourth-order valence-electron chi connectivity index (χ4n) is 0.241. The van der Waals surface area contributed by atoms with E-state index in [1.54, 1.807) is 0 Å². The molecule has 0 bridgehead atoms. The van der Waals surface area contributed by atoms with E-state index in [9.17, 15) is 9.59 Å². The summed E-state index contributed by atoms with van der Waals surface area (Å²) in [5.74, 6) is -2.09. The van der Waals surface area contributed by atoms with Crippen LogP contribution in [0.25, 0.3) is 0 Å². The van der Waals surface area contributed by atoms with Crippen molar-refractivity contribution in [1.82, 2.24) is 0 Å². The average Bonchev–Trinajstić information content (AvgIpc) is 1.99. The zero-order valence-corrected chi connectivity index (χ0v) is 4.81. The number of hydrogen-bond donors (Lipinski definition) is 2. The van der Waals surface area contributed by atoms with Crippen molar-refractivity contribution in [3.05, 3.63) is 6.42 Å². The summed E-state index contributed by atoms with van der Waals surface area (Å²) in [4.78, 5) is 26.4. The van der Waals surface area contributed by atoms with Gasteiger partial charge in [-0.25, -0.2) is 9.59 Å². The van der Waals surface area contributed by atoms with E-state index in [0.717, 1.165) is 0 Å². The third-order valence-corrected chi connectivity index (χ3v) is 0.627. The molecule has 0 saturated carbocycles. The largest absolute Gasteiger partial charge is 0.346 e. The predicted octanol–water partition coefficient (Wildman–Crippen LogP) is -0.387. The molecule has 0 amide bonds. The minimum absolute atomic E-state index is 0.449. The first-order chi connectivity index (χ1) is 4.70. The van der Waals surface area contributed by atoms with Gasteiger partial charge in [-0.3, -0.25) is 0 Å². The SMILES string of the molecule is O=C([CH]CC(=O)OO)OO. The molecule has 0 heterocycles. The zero-order valence-electron chi connectivity index (χ0n) is 4.81. The van der Waals surface area contributed by atoms with Gasteiger partial charge in [0.2, 0.25) is 0 Å². The van der Waals surface area contributed by atoms with Gasteiger partial charge in [0.05, 0.1) is 12.8 Å². The Kier molecular flexibility index (Phi) is 4.17. The normalized spacial score (nSPS) is 8.60. The molecule has 0 aromatic carbocycles. The molecule has 0 aromatic heterocycles. The van der Waals surface area contributed by atoms with Gasteiger partial charge in [-0.1, -0.05) is 0 Å². The molecular formula is C4H5O6. The summed E-state index contributed by atoms with van der Waals surface area (Å²) >= 11 is 0. The highest BCUT2D eigenvalue weighted by molar-refractivity contribution is 5.84. The van der Waals surface area contributed by atoms with Crippen molar-refractivity contribution in [2.45, 2.75) is 6.42 Å². The van der Waals surface area contributed by atoms with Gasteiger partial charge >= 0.3 is 11.9 Å². The Bertz CT molecular complexity index is 114. The Morgan fingerprint density at radius 3 is 2.30 bits per heavy atom. The fourth-order valence-corrected chi connectivity index (χ4v) is 0.241. The van der Waals surface area contributed by atoms with Crippen LogP contribution in [0, 0.1) is 6.42 Å². The van der Waals surface area contributed by atoms with Gasteiger partial charge in [-0.15, -0.1) is 0 Å². The van der Waals surface area contributed by atoms with Crippen molar-refractivity contribution < 1.29 is 29.9 Å². The second-order valence-electron chi connectivity index (χ2n) is 1.28. The summed E-state index contributed by atoms with van der Waals surface area (Å²) in [5.41, 5.74) is 0. The van der Waals surface area contributed by atoms with Crippen molar-refractivity contribution in [2.75, 3.05) is 0 Å². The van der Waals surface area contributed by atoms with Gasteiger partial charge in [0.1, 0.15) is 0 Å². The van der Waals surface area contributed by atoms with Crippen LogP contribution in [0.4, 0.5) is 0 Å². The van der Waals surface area contributed by atoms with E-state index >= 15 is 0 Å². The lowest BCUT2D eigenvalue weighted by Crippen LogP contribution is -2.07. The summed E-state index contributed by atoms with van der Waals surface area (Å²) in [6.45, 7) is 0. The van der Waals surface area contributed by atoms with E-state index in [4.69, 9.17) is 10.5 Å². The minimum atomic E-state index is -1.08. The van der Waals surface area contributed by atoms with Crippen molar-refractivity contribution >= 4 is 11.9 Å². The van der Waals surface area contributed by atoms with E-state index in [1.165, 1.54) is 0 Å². The highest BCUT2D eigenvalue weighted by Crippen LogP contribution is 1.90. The Morgan fingerprint density at radius 2 is 1.90 bits per heavy atom. The number of rotatable bonds is 3. The van der Waals surface area contributed by atoms with Crippen LogP contribution in [0.5, 0.6) is 0 Å². The standard InChI is InChI=1S/C4H5O6/c5-3(9-7)1-2-4(6)10-8/h1,7-8H,2H2. The van der Waals surface area contributed by atoms with E-state index in [1.807, 2.05) is 0 Å². The van der Waals surface area contributed by atoms with Crippen molar-refractivity contribution in [1.29, 1.82) is 0 Å². The summed E-state index contributed by atoms with van der Waals surface area (Å²) in [6, 6.07) is 0. The van der Waals surface area contributed by atoms with Crippen molar-refractivity contribution in [2.24, 2.45) is 0 Å². The molecule has 0 aliphatic heterocycles. The van der Waals surface area contributed by atoms with Gasteiger partial charge in [-0.05, 0) is 0 Å². The number of hydrogen-bond acceptors (Lipinski definition) is 6. The molecule has 0 aliphatic rings. The molecule has 0 saturated heterocycles. The Morgan fingerprint density at radius 1 is 1.30 bits per heavy atom. The Hall–Kier alpha value is -1.14. The molecule has 0 atom stereocenters. The molecule has 0 rings (SSSR count). The first-order valence-corrected chi connectivity index (χ1v) is 2.23. The predicted molar refractivity (Wildman–Crippen MR) is 26.4 cm³/mol. The van der Waals surface area contributed by atoms with Crippen LogP contribution in [0.2, 0.25) is 0 Å². The van der Waals surface area contributed by atoms with Gasteiger partial charge < -0.3 is 9.78 Å². The number of carbonyl (C=O) groups is 2. The molecule has 2 N–H and O–H groups in total. The smallest absolute Gasteiger partial charge is 0.301 e. The van der Waals surface area contributed by atoms with Gasteiger partial charge in [0, 0.05) is 0 Å². The van der Waals surface area contributed by atoms with Crippen LogP contribution in [0.15, 0.2) is 0 Å².